The summed E-state index contributed by atoms with van der Waals surface area (Å²) in [6.07, 6.45) is 10.9. The number of fused-ring (bicyclic) bond motifs is 7. The number of nitrogens with zero attached hydrogens (tertiary/aromatic N) is 5. The number of thiophene rings is 1. The highest BCUT2D eigenvalue weighted by Crippen LogP contribution is 2.40. The molecule has 1 aliphatic carbocycles. The molecule has 0 bridgehead atoms. The van der Waals surface area contributed by atoms with Crippen LogP contribution in [0.1, 0.15) is 43.0 Å². The molecule has 0 saturated heterocycles. The minimum absolute atomic E-state index is 0.878. The van der Waals surface area contributed by atoms with Crippen LogP contribution in [0, 0.1) is 0 Å². The van der Waals surface area contributed by atoms with E-state index in [0.717, 1.165) is 51.5 Å². The van der Waals surface area contributed by atoms with Crippen molar-refractivity contribution >= 4 is 49.2 Å². The van der Waals surface area contributed by atoms with Gasteiger partial charge in [0.2, 0.25) is 0 Å². The summed E-state index contributed by atoms with van der Waals surface area (Å²) in [6, 6.07) is 0. The predicted molar refractivity (Wildman–Crippen MR) is 104 cm³/mol. The molecule has 0 aliphatic heterocycles. The SMILES string of the molecule is CCCc1nc2sc3c(ncn4c(SC)nnc34)c2c2c1CCCC2. The van der Waals surface area contributed by atoms with E-state index in [0.29, 0.717) is 0 Å². The number of aryl methyl sites for hydroxylation is 2. The van der Waals surface area contributed by atoms with Gasteiger partial charge in [-0.15, -0.1) is 21.5 Å². The lowest BCUT2D eigenvalue weighted by Crippen LogP contribution is -2.09. The maximum atomic E-state index is 5.07. The number of rotatable bonds is 3. The van der Waals surface area contributed by atoms with Crippen molar-refractivity contribution in [2.45, 2.75) is 50.6 Å². The van der Waals surface area contributed by atoms with E-state index < -0.39 is 0 Å². The van der Waals surface area contributed by atoms with E-state index in [2.05, 4.69) is 17.1 Å². The first kappa shape index (κ1) is 15.5. The lowest BCUT2D eigenvalue weighted by atomic mass is 9.88. The topological polar surface area (TPSA) is 56.0 Å². The second-order valence-corrected chi connectivity index (χ2v) is 8.33. The zero-order chi connectivity index (χ0) is 17.0. The Morgan fingerprint density at radius 1 is 1.20 bits per heavy atom. The quantitative estimate of drug-likeness (QED) is 0.500. The molecule has 1 aliphatic rings. The van der Waals surface area contributed by atoms with E-state index in [1.54, 1.807) is 23.1 Å². The van der Waals surface area contributed by atoms with Crippen molar-refractivity contribution in [3.8, 4) is 0 Å². The number of hydrogen-bond donors (Lipinski definition) is 0. The molecule has 5 nitrogen and oxygen atoms in total. The molecule has 0 unspecified atom stereocenters. The number of hydrogen-bond acceptors (Lipinski definition) is 6. The minimum atomic E-state index is 0.878. The molecule has 4 aromatic rings. The molecule has 7 heteroatoms. The molecule has 0 radical (unpaired) electrons. The maximum Gasteiger partial charge on any atom is 0.196 e. The van der Waals surface area contributed by atoms with Gasteiger partial charge in [-0.3, -0.25) is 4.40 Å². The van der Waals surface area contributed by atoms with Crippen LogP contribution in [0.2, 0.25) is 0 Å². The van der Waals surface area contributed by atoms with E-state index >= 15 is 0 Å². The smallest absolute Gasteiger partial charge is 0.196 e. The molecule has 25 heavy (non-hydrogen) atoms. The number of thioether (sulfide) groups is 1. The standard InChI is InChI=1S/C18H19N5S2/c1-3-6-12-10-7-4-5-8-11(10)13-14-15(25-17(13)20-12)16-21-22-18(24-2)23(16)9-19-14/h9H,3-8H2,1-2H3. The Morgan fingerprint density at radius 2 is 2.04 bits per heavy atom. The van der Waals surface area contributed by atoms with Crippen molar-refractivity contribution < 1.29 is 0 Å². The first-order valence-electron chi connectivity index (χ1n) is 8.82. The number of pyridine rings is 1. The third kappa shape index (κ3) is 2.22. The van der Waals surface area contributed by atoms with Gasteiger partial charge in [0.05, 0.1) is 5.52 Å². The Bertz CT molecular complexity index is 1110. The van der Waals surface area contributed by atoms with Gasteiger partial charge in [0.15, 0.2) is 10.8 Å². The lowest BCUT2D eigenvalue weighted by molar-refractivity contribution is 0.675. The summed E-state index contributed by atoms with van der Waals surface area (Å²) in [5.74, 6) is 0. The summed E-state index contributed by atoms with van der Waals surface area (Å²) < 4.78 is 3.10. The Hall–Kier alpha value is -1.73. The summed E-state index contributed by atoms with van der Waals surface area (Å²) in [6.45, 7) is 2.23. The van der Waals surface area contributed by atoms with Crippen molar-refractivity contribution in [3.05, 3.63) is 23.1 Å². The summed E-state index contributed by atoms with van der Waals surface area (Å²) in [4.78, 5) is 11.0. The van der Waals surface area contributed by atoms with Crippen LogP contribution in [0.3, 0.4) is 0 Å². The van der Waals surface area contributed by atoms with E-state index in [9.17, 15) is 0 Å². The highest BCUT2D eigenvalue weighted by molar-refractivity contribution is 7.98. The minimum Gasteiger partial charge on any atom is -0.259 e. The first-order valence-corrected chi connectivity index (χ1v) is 10.9. The van der Waals surface area contributed by atoms with Crippen molar-refractivity contribution in [3.63, 3.8) is 0 Å². The lowest BCUT2D eigenvalue weighted by Gasteiger charge is -2.19. The van der Waals surface area contributed by atoms with Crippen LogP contribution < -0.4 is 0 Å². The van der Waals surface area contributed by atoms with Gasteiger partial charge in [0.25, 0.3) is 0 Å². The van der Waals surface area contributed by atoms with Crippen molar-refractivity contribution in [2.75, 3.05) is 6.26 Å². The molecule has 0 fully saturated rings. The van der Waals surface area contributed by atoms with Gasteiger partial charge in [0, 0.05) is 11.1 Å². The largest absolute Gasteiger partial charge is 0.259 e. The van der Waals surface area contributed by atoms with Crippen LogP contribution in [-0.4, -0.2) is 30.8 Å². The Morgan fingerprint density at radius 3 is 2.84 bits per heavy atom. The van der Waals surface area contributed by atoms with Gasteiger partial charge >= 0.3 is 0 Å². The average Bonchev–Trinajstić information content (AvgIpc) is 3.22. The summed E-state index contributed by atoms with van der Waals surface area (Å²) in [5.41, 5.74) is 6.25. The second kappa shape index (κ2) is 5.92. The van der Waals surface area contributed by atoms with Crippen LogP contribution in [0.15, 0.2) is 11.5 Å². The molecular formula is C18H19N5S2. The molecule has 4 aromatic heterocycles. The summed E-state index contributed by atoms with van der Waals surface area (Å²) in [7, 11) is 0. The normalized spacial score (nSPS) is 14.6. The average molecular weight is 370 g/mol. The molecule has 0 aromatic carbocycles. The van der Waals surface area contributed by atoms with Gasteiger partial charge in [-0.1, -0.05) is 25.1 Å². The van der Waals surface area contributed by atoms with Crippen LogP contribution in [0.5, 0.6) is 0 Å². The van der Waals surface area contributed by atoms with E-state index in [1.807, 2.05) is 17.0 Å². The van der Waals surface area contributed by atoms with Crippen LogP contribution in [0.4, 0.5) is 0 Å². The zero-order valence-corrected chi connectivity index (χ0v) is 16.0. The Balaban J connectivity index is 1.90. The van der Waals surface area contributed by atoms with Gasteiger partial charge in [-0.2, -0.15) is 0 Å². The van der Waals surface area contributed by atoms with Crippen LogP contribution in [-0.2, 0) is 19.3 Å². The van der Waals surface area contributed by atoms with Crippen molar-refractivity contribution in [1.29, 1.82) is 0 Å². The van der Waals surface area contributed by atoms with Gasteiger partial charge in [-0.05, 0) is 49.5 Å². The molecule has 0 spiro atoms. The molecule has 0 amide bonds. The van der Waals surface area contributed by atoms with E-state index in [-0.39, 0.29) is 0 Å². The monoisotopic (exact) mass is 369 g/mol. The molecule has 4 heterocycles. The second-order valence-electron chi connectivity index (χ2n) is 6.56. The molecular weight excluding hydrogens is 350 g/mol. The van der Waals surface area contributed by atoms with Crippen LogP contribution in [0.25, 0.3) is 26.1 Å². The van der Waals surface area contributed by atoms with Crippen molar-refractivity contribution in [1.82, 2.24) is 24.6 Å². The predicted octanol–water partition coefficient (Wildman–Crippen LogP) is 4.44. The highest BCUT2D eigenvalue weighted by Gasteiger charge is 2.23. The molecule has 128 valence electrons. The third-order valence-electron chi connectivity index (χ3n) is 5.06. The van der Waals surface area contributed by atoms with Gasteiger partial charge < -0.3 is 0 Å². The molecule has 0 N–H and O–H groups in total. The fraction of sp³-hybridized carbons (Fsp3) is 0.444. The summed E-state index contributed by atoms with van der Waals surface area (Å²) >= 11 is 3.31. The fourth-order valence-corrected chi connectivity index (χ4v) is 5.57. The van der Waals surface area contributed by atoms with E-state index in [1.165, 1.54) is 35.0 Å². The molecule has 0 saturated carbocycles. The Kier molecular flexibility index (Phi) is 3.67. The van der Waals surface area contributed by atoms with Crippen LogP contribution >= 0.6 is 23.1 Å². The molecule has 5 rings (SSSR count). The third-order valence-corrected chi connectivity index (χ3v) is 6.77. The van der Waals surface area contributed by atoms with Gasteiger partial charge in [0.1, 0.15) is 15.9 Å². The highest BCUT2D eigenvalue weighted by atomic mass is 32.2. The number of aromatic nitrogens is 5. The van der Waals surface area contributed by atoms with E-state index in [4.69, 9.17) is 9.97 Å². The van der Waals surface area contributed by atoms with Crippen molar-refractivity contribution in [2.24, 2.45) is 0 Å². The molecule has 0 atom stereocenters. The van der Waals surface area contributed by atoms with Gasteiger partial charge in [-0.25, -0.2) is 9.97 Å². The Labute approximate surface area is 153 Å². The zero-order valence-electron chi connectivity index (χ0n) is 14.4. The first-order chi connectivity index (χ1) is 12.3. The summed E-state index contributed by atoms with van der Waals surface area (Å²) in [5, 5.41) is 10.9. The maximum absolute atomic E-state index is 5.07. The fourth-order valence-electron chi connectivity index (χ4n) is 3.96.